The Morgan fingerprint density at radius 3 is 2.84 bits per heavy atom. The molecule has 0 bridgehead atoms. The largest absolute Gasteiger partial charge is 0.369 e. The third kappa shape index (κ3) is 3.74. The summed E-state index contributed by atoms with van der Waals surface area (Å²) in [5, 5.41) is 5.03. The minimum atomic E-state index is -4.10. The maximum absolute atomic E-state index is 14.6. The van der Waals surface area contributed by atoms with Crippen molar-refractivity contribution >= 4 is 44.5 Å². The highest BCUT2D eigenvalue weighted by molar-refractivity contribution is 7.92. The molecular formula is C15H18ClFN4O2S2. The number of thiazole rings is 1. The van der Waals surface area contributed by atoms with Crippen LogP contribution in [0.25, 0.3) is 0 Å². The summed E-state index contributed by atoms with van der Waals surface area (Å²) in [4.78, 5) is 5.23. The van der Waals surface area contributed by atoms with Crippen LogP contribution in [-0.2, 0) is 10.0 Å². The molecule has 1 saturated heterocycles. The van der Waals surface area contributed by atoms with Crippen LogP contribution in [0, 0.1) is 5.82 Å². The van der Waals surface area contributed by atoms with Crippen molar-refractivity contribution in [3.05, 3.63) is 33.9 Å². The van der Waals surface area contributed by atoms with Gasteiger partial charge in [0.05, 0.1) is 16.2 Å². The van der Waals surface area contributed by atoms with Crippen LogP contribution < -0.4 is 14.9 Å². The van der Waals surface area contributed by atoms with Crippen molar-refractivity contribution in [3.8, 4) is 0 Å². The Bertz CT molecular complexity index is 861. The fourth-order valence-corrected chi connectivity index (χ4v) is 5.01. The standard InChI is InChI=1S/C15H18ClFN4O2S2/c1-9-12(3-4-18-9)21(2)13-6-11(17)14(5-10(13)16)25(22,23)20-15-7-24-8-19-15/h5-9,12,18,20H,3-4H2,1-2H3/t9-,12?/m1/s1. The molecule has 6 nitrogen and oxygen atoms in total. The van der Waals surface area contributed by atoms with E-state index in [1.54, 1.807) is 0 Å². The lowest BCUT2D eigenvalue weighted by Gasteiger charge is -2.30. The van der Waals surface area contributed by atoms with Crippen molar-refractivity contribution in [2.24, 2.45) is 0 Å². The minimum absolute atomic E-state index is 0.146. The third-order valence-corrected chi connectivity index (χ3v) is 6.58. The molecule has 0 saturated carbocycles. The predicted molar refractivity (Wildman–Crippen MR) is 98.6 cm³/mol. The zero-order valence-electron chi connectivity index (χ0n) is 13.7. The van der Waals surface area contributed by atoms with Gasteiger partial charge in [0.1, 0.15) is 10.7 Å². The molecule has 10 heteroatoms. The first-order chi connectivity index (χ1) is 11.8. The first kappa shape index (κ1) is 18.4. The molecule has 25 heavy (non-hydrogen) atoms. The fraction of sp³-hybridized carbons (Fsp3) is 0.400. The molecule has 1 aliphatic heterocycles. The van der Waals surface area contributed by atoms with Gasteiger partial charge in [0.2, 0.25) is 0 Å². The lowest BCUT2D eigenvalue weighted by molar-refractivity contribution is 0.553. The van der Waals surface area contributed by atoms with Crippen molar-refractivity contribution in [2.75, 3.05) is 23.2 Å². The zero-order chi connectivity index (χ0) is 18.2. The first-order valence-electron chi connectivity index (χ1n) is 7.66. The van der Waals surface area contributed by atoms with E-state index in [0.717, 1.165) is 19.0 Å². The van der Waals surface area contributed by atoms with Gasteiger partial charge in [-0.25, -0.2) is 17.8 Å². The van der Waals surface area contributed by atoms with Crippen molar-refractivity contribution < 1.29 is 12.8 Å². The highest BCUT2D eigenvalue weighted by atomic mass is 35.5. The summed E-state index contributed by atoms with van der Waals surface area (Å²) in [6.45, 7) is 2.93. The number of sulfonamides is 1. The lowest BCUT2D eigenvalue weighted by Crippen LogP contribution is -2.40. The van der Waals surface area contributed by atoms with E-state index < -0.39 is 20.7 Å². The number of likely N-dealkylation sites (N-methyl/N-ethyl adjacent to an activating group) is 1. The molecule has 1 aliphatic rings. The zero-order valence-corrected chi connectivity index (χ0v) is 16.1. The minimum Gasteiger partial charge on any atom is -0.369 e. The number of rotatable bonds is 5. The normalized spacial score (nSPS) is 20.6. The number of nitrogens with zero attached hydrogens (tertiary/aromatic N) is 2. The van der Waals surface area contributed by atoms with E-state index in [9.17, 15) is 12.8 Å². The van der Waals surface area contributed by atoms with Gasteiger partial charge in [0.25, 0.3) is 10.0 Å². The van der Waals surface area contributed by atoms with Crippen molar-refractivity contribution in [1.82, 2.24) is 10.3 Å². The fourth-order valence-electron chi connectivity index (χ4n) is 3.00. The van der Waals surface area contributed by atoms with Crippen molar-refractivity contribution in [2.45, 2.75) is 30.3 Å². The summed E-state index contributed by atoms with van der Waals surface area (Å²) >= 11 is 7.51. The topological polar surface area (TPSA) is 74.3 Å². The summed E-state index contributed by atoms with van der Waals surface area (Å²) in [7, 11) is -2.27. The molecular weight excluding hydrogens is 387 g/mol. The highest BCUT2D eigenvalue weighted by Crippen LogP contribution is 2.33. The van der Waals surface area contributed by atoms with E-state index in [2.05, 4.69) is 21.9 Å². The Morgan fingerprint density at radius 1 is 1.48 bits per heavy atom. The van der Waals surface area contributed by atoms with Gasteiger partial charge in [0.15, 0.2) is 5.82 Å². The van der Waals surface area contributed by atoms with E-state index in [1.807, 2.05) is 11.9 Å². The van der Waals surface area contributed by atoms with Crippen LogP contribution in [0.15, 0.2) is 27.9 Å². The molecule has 0 radical (unpaired) electrons. The molecule has 0 spiro atoms. The van der Waals surface area contributed by atoms with Gasteiger partial charge < -0.3 is 10.2 Å². The van der Waals surface area contributed by atoms with Gasteiger partial charge in [0, 0.05) is 30.6 Å². The van der Waals surface area contributed by atoms with Crippen LogP contribution in [0.3, 0.4) is 0 Å². The molecule has 2 N–H and O–H groups in total. The van der Waals surface area contributed by atoms with Crippen LogP contribution in [0.1, 0.15) is 13.3 Å². The van der Waals surface area contributed by atoms with E-state index in [-0.39, 0.29) is 22.9 Å². The van der Waals surface area contributed by atoms with E-state index in [0.29, 0.717) is 5.69 Å². The van der Waals surface area contributed by atoms with Crippen LogP contribution in [-0.4, -0.2) is 39.1 Å². The molecule has 2 atom stereocenters. The Labute approximate surface area is 155 Å². The highest BCUT2D eigenvalue weighted by Gasteiger charge is 2.29. The second-order valence-corrected chi connectivity index (χ2v) is 8.70. The molecule has 3 rings (SSSR count). The number of hydrogen-bond acceptors (Lipinski definition) is 6. The molecule has 0 aliphatic carbocycles. The van der Waals surface area contributed by atoms with Crippen LogP contribution in [0.2, 0.25) is 5.02 Å². The molecule has 1 unspecified atom stereocenters. The third-order valence-electron chi connectivity index (χ3n) is 4.32. The second-order valence-electron chi connectivity index (χ2n) is 5.92. The first-order valence-corrected chi connectivity index (χ1v) is 10.5. The molecule has 136 valence electrons. The van der Waals surface area contributed by atoms with Crippen LogP contribution >= 0.6 is 22.9 Å². The summed E-state index contributed by atoms with van der Waals surface area (Å²) in [6, 6.07) is 2.71. The smallest absolute Gasteiger partial charge is 0.266 e. The Kier molecular flexibility index (Phi) is 5.19. The monoisotopic (exact) mass is 404 g/mol. The maximum atomic E-state index is 14.6. The van der Waals surface area contributed by atoms with Gasteiger partial charge in [-0.1, -0.05) is 11.6 Å². The second kappa shape index (κ2) is 7.06. The molecule has 2 aromatic rings. The van der Waals surface area contributed by atoms with Crippen molar-refractivity contribution in [3.63, 3.8) is 0 Å². The molecule has 1 aromatic carbocycles. The van der Waals surface area contributed by atoms with Crippen molar-refractivity contribution in [1.29, 1.82) is 0 Å². The maximum Gasteiger partial charge on any atom is 0.266 e. The molecule has 1 fully saturated rings. The summed E-state index contributed by atoms with van der Waals surface area (Å²) in [6.07, 6.45) is 0.904. The van der Waals surface area contributed by atoms with Gasteiger partial charge in [-0.15, -0.1) is 11.3 Å². The SMILES string of the molecule is C[C@H]1NCCC1N(C)c1cc(F)c(S(=O)(=O)Nc2cscn2)cc1Cl. The molecule has 0 amide bonds. The Morgan fingerprint density at radius 2 is 2.24 bits per heavy atom. The Balaban J connectivity index is 1.92. The summed E-state index contributed by atoms with van der Waals surface area (Å²) in [5.41, 5.74) is 1.95. The van der Waals surface area contributed by atoms with Crippen LogP contribution in [0.5, 0.6) is 0 Å². The molecule has 2 heterocycles. The molecule has 1 aromatic heterocycles. The number of halogens is 2. The number of hydrogen-bond donors (Lipinski definition) is 2. The van der Waals surface area contributed by atoms with Gasteiger partial charge in [-0.05, 0) is 26.0 Å². The van der Waals surface area contributed by atoms with Gasteiger partial charge >= 0.3 is 0 Å². The quantitative estimate of drug-likeness (QED) is 0.801. The summed E-state index contributed by atoms with van der Waals surface area (Å²) in [5.74, 6) is -0.708. The average Bonchev–Trinajstić information content (AvgIpc) is 3.19. The number of nitrogens with one attached hydrogen (secondary N) is 2. The van der Waals surface area contributed by atoms with Gasteiger partial charge in [-0.2, -0.15) is 0 Å². The van der Waals surface area contributed by atoms with E-state index >= 15 is 0 Å². The number of aromatic nitrogens is 1. The summed E-state index contributed by atoms with van der Waals surface area (Å²) < 4.78 is 41.6. The van der Waals surface area contributed by atoms with Crippen LogP contribution in [0.4, 0.5) is 15.9 Å². The van der Waals surface area contributed by atoms with E-state index in [1.165, 1.54) is 28.3 Å². The predicted octanol–water partition coefficient (Wildman–Crippen LogP) is 2.92. The average molecular weight is 405 g/mol. The Hall–Kier alpha value is -1.42. The lowest BCUT2D eigenvalue weighted by atomic mass is 10.1. The van der Waals surface area contributed by atoms with E-state index in [4.69, 9.17) is 11.6 Å². The number of anilines is 2. The number of benzene rings is 1. The van der Waals surface area contributed by atoms with Gasteiger partial charge in [-0.3, -0.25) is 4.72 Å².